The van der Waals surface area contributed by atoms with Crippen molar-refractivity contribution in [2.24, 2.45) is 10.7 Å². The standard InChI is InChI=1S/C24H28N6O3/c1-29(2)13-12-26-24(31)27-17-6-4-5-16(15-17)22-28-23-20(11-14-33-23)21(25)30(22)18-7-9-19(32-3)10-8-18/h4-11,14-15,21H,12-13,25H2,1-3H3,(H2,26,27,31). The van der Waals surface area contributed by atoms with Gasteiger partial charge in [-0.3, -0.25) is 0 Å². The molecule has 172 valence electrons. The molecule has 0 spiro atoms. The number of methoxy groups -OCH3 is 1. The summed E-state index contributed by atoms with van der Waals surface area (Å²) in [5, 5.41) is 5.72. The number of urea groups is 1. The summed E-state index contributed by atoms with van der Waals surface area (Å²) in [5.41, 5.74) is 9.72. The highest BCUT2D eigenvalue weighted by Gasteiger charge is 2.31. The zero-order valence-corrected chi connectivity index (χ0v) is 18.9. The Morgan fingerprint density at radius 3 is 2.73 bits per heavy atom. The average Bonchev–Trinajstić information content (AvgIpc) is 3.28. The van der Waals surface area contributed by atoms with Crippen molar-refractivity contribution in [3.63, 3.8) is 0 Å². The van der Waals surface area contributed by atoms with E-state index >= 15 is 0 Å². The highest BCUT2D eigenvalue weighted by Crippen LogP contribution is 2.38. The molecule has 1 aliphatic rings. The summed E-state index contributed by atoms with van der Waals surface area (Å²) >= 11 is 0. The normalized spacial score (nSPS) is 15.1. The average molecular weight is 449 g/mol. The molecular weight excluding hydrogens is 420 g/mol. The number of ether oxygens (including phenoxy) is 1. The van der Waals surface area contributed by atoms with Gasteiger partial charge in [0, 0.05) is 30.0 Å². The molecule has 0 saturated carbocycles. The second kappa shape index (κ2) is 9.76. The summed E-state index contributed by atoms with van der Waals surface area (Å²) in [6.45, 7) is 1.30. The number of hydrogen-bond donors (Lipinski definition) is 3. The molecule has 4 rings (SSSR count). The van der Waals surface area contributed by atoms with E-state index in [0.29, 0.717) is 24.0 Å². The van der Waals surface area contributed by atoms with Crippen molar-refractivity contribution in [1.29, 1.82) is 0 Å². The predicted molar refractivity (Wildman–Crippen MR) is 129 cm³/mol. The van der Waals surface area contributed by atoms with Crippen molar-refractivity contribution in [2.45, 2.75) is 6.17 Å². The summed E-state index contributed by atoms with van der Waals surface area (Å²) in [7, 11) is 5.54. The topological polar surface area (TPSA) is 108 Å². The minimum absolute atomic E-state index is 0.267. The lowest BCUT2D eigenvalue weighted by atomic mass is 10.1. The number of amidine groups is 1. The maximum absolute atomic E-state index is 12.3. The first-order valence-electron chi connectivity index (χ1n) is 10.6. The Hall–Kier alpha value is -3.82. The molecule has 1 atom stereocenters. The number of carbonyl (C=O) groups is 1. The third kappa shape index (κ3) is 5.00. The summed E-state index contributed by atoms with van der Waals surface area (Å²) in [4.78, 5) is 21.0. The number of furan rings is 1. The molecule has 3 aromatic rings. The monoisotopic (exact) mass is 448 g/mol. The van der Waals surface area contributed by atoms with E-state index in [9.17, 15) is 4.79 Å². The van der Waals surface area contributed by atoms with E-state index in [1.807, 2.05) is 78.5 Å². The van der Waals surface area contributed by atoms with Gasteiger partial charge in [0.1, 0.15) is 17.8 Å². The third-order valence-corrected chi connectivity index (χ3v) is 5.28. The lowest BCUT2D eigenvalue weighted by Crippen LogP contribution is -2.42. The van der Waals surface area contributed by atoms with Crippen LogP contribution in [-0.4, -0.2) is 51.1 Å². The number of benzene rings is 2. The fraction of sp³-hybridized carbons (Fsp3) is 0.250. The number of hydrogen-bond acceptors (Lipinski definition) is 7. The Morgan fingerprint density at radius 2 is 2.00 bits per heavy atom. The molecule has 2 amide bonds. The number of nitrogens with zero attached hydrogens (tertiary/aromatic N) is 3. The van der Waals surface area contributed by atoms with Gasteiger partial charge in [0.25, 0.3) is 0 Å². The minimum atomic E-state index is -0.495. The van der Waals surface area contributed by atoms with Crippen LogP contribution in [0, 0.1) is 0 Å². The molecule has 9 heteroatoms. The first-order chi connectivity index (χ1) is 16.0. The summed E-state index contributed by atoms with van der Waals surface area (Å²) in [6, 6.07) is 16.6. The van der Waals surface area contributed by atoms with Gasteiger partial charge in [0.2, 0.25) is 5.88 Å². The van der Waals surface area contributed by atoms with Gasteiger partial charge < -0.3 is 35.3 Å². The highest BCUT2D eigenvalue weighted by molar-refractivity contribution is 6.13. The lowest BCUT2D eigenvalue weighted by Gasteiger charge is -2.34. The van der Waals surface area contributed by atoms with Crippen LogP contribution in [0.1, 0.15) is 17.3 Å². The molecule has 0 radical (unpaired) electrons. The Morgan fingerprint density at radius 1 is 1.21 bits per heavy atom. The van der Waals surface area contributed by atoms with E-state index in [2.05, 4.69) is 10.6 Å². The van der Waals surface area contributed by atoms with Crippen LogP contribution < -0.4 is 26.0 Å². The Labute approximate surface area is 192 Å². The van der Waals surface area contributed by atoms with Crippen LogP contribution in [0.25, 0.3) is 0 Å². The number of rotatable bonds is 7. The van der Waals surface area contributed by atoms with E-state index in [1.54, 1.807) is 13.4 Å². The molecule has 2 heterocycles. The maximum atomic E-state index is 12.3. The summed E-state index contributed by atoms with van der Waals surface area (Å²) in [5.74, 6) is 1.84. The molecule has 2 aromatic carbocycles. The largest absolute Gasteiger partial charge is 0.497 e. The second-order valence-corrected chi connectivity index (χ2v) is 7.89. The summed E-state index contributed by atoms with van der Waals surface area (Å²) in [6.07, 6.45) is 1.09. The first kappa shape index (κ1) is 22.4. The van der Waals surface area contributed by atoms with Crippen molar-refractivity contribution < 1.29 is 13.9 Å². The molecular formula is C24H28N6O3. The van der Waals surface area contributed by atoms with Crippen LogP contribution in [0.15, 0.2) is 70.3 Å². The molecule has 0 aliphatic carbocycles. The van der Waals surface area contributed by atoms with Crippen LogP contribution in [0.2, 0.25) is 0 Å². The van der Waals surface area contributed by atoms with E-state index in [4.69, 9.17) is 19.9 Å². The number of carbonyl (C=O) groups excluding carboxylic acids is 1. The lowest BCUT2D eigenvalue weighted by molar-refractivity contribution is 0.250. The molecule has 1 aromatic heterocycles. The number of amides is 2. The second-order valence-electron chi connectivity index (χ2n) is 7.89. The van der Waals surface area contributed by atoms with Crippen molar-refractivity contribution in [1.82, 2.24) is 10.2 Å². The Kier molecular flexibility index (Phi) is 6.62. The van der Waals surface area contributed by atoms with E-state index in [0.717, 1.165) is 29.1 Å². The van der Waals surface area contributed by atoms with Gasteiger partial charge in [-0.15, -0.1) is 0 Å². The van der Waals surface area contributed by atoms with Gasteiger partial charge in [0.15, 0.2) is 0 Å². The third-order valence-electron chi connectivity index (χ3n) is 5.28. The molecule has 0 bridgehead atoms. The first-order valence-corrected chi connectivity index (χ1v) is 10.6. The maximum Gasteiger partial charge on any atom is 0.319 e. The van der Waals surface area contributed by atoms with Crippen LogP contribution >= 0.6 is 0 Å². The number of nitrogens with two attached hydrogens (primary N) is 1. The van der Waals surface area contributed by atoms with E-state index in [-0.39, 0.29) is 6.03 Å². The van der Waals surface area contributed by atoms with Crippen molar-refractivity contribution >= 4 is 29.1 Å². The molecule has 33 heavy (non-hydrogen) atoms. The van der Waals surface area contributed by atoms with E-state index in [1.165, 1.54) is 0 Å². The Bertz CT molecular complexity index is 1140. The van der Waals surface area contributed by atoms with Gasteiger partial charge in [-0.2, -0.15) is 4.99 Å². The molecule has 9 nitrogen and oxygen atoms in total. The number of aliphatic imine (C=N–C) groups is 1. The van der Waals surface area contributed by atoms with E-state index < -0.39 is 6.17 Å². The summed E-state index contributed by atoms with van der Waals surface area (Å²) < 4.78 is 10.8. The fourth-order valence-electron chi connectivity index (χ4n) is 3.58. The highest BCUT2D eigenvalue weighted by atomic mass is 16.5. The molecule has 1 aliphatic heterocycles. The fourth-order valence-corrected chi connectivity index (χ4v) is 3.58. The zero-order valence-electron chi connectivity index (χ0n) is 18.9. The van der Waals surface area contributed by atoms with Crippen molar-refractivity contribution in [3.05, 3.63) is 72.0 Å². The molecule has 4 N–H and O–H groups in total. The number of nitrogens with one attached hydrogen (secondary N) is 2. The van der Waals surface area contributed by atoms with Gasteiger partial charge in [-0.1, -0.05) is 12.1 Å². The number of likely N-dealkylation sites (N-methyl/N-ethyl adjacent to an activating group) is 1. The zero-order chi connectivity index (χ0) is 23.4. The van der Waals surface area contributed by atoms with Gasteiger partial charge >= 0.3 is 6.03 Å². The van der Waals surface area contributed by atoms with Crippen molar-refractivity contribution in [2.75, 3.05) is 44.5 Å². The van der Waals surface area contributed by atoms with Crippen LogP contribution in [0.4, 0.5) is 22.1 Å². The van der Waals surface area contributed by atoms with Gasteiger partial charge in [-0.05, 0) is 56.6 Å². The number of anilines is 2. The van der Waals surface area contributed by atoms with Crippen LogP contribution in [-0.2, 0) is 0 Å². The molecule has 1 unspecified atom stereocenters. The Balaban J connectivity index is 1.63. The quantitative estimate of drug-likeness (QED) is 0.510. The predicted octanol–water partition coefficient (Wildman–Crippen LogP) is 3.53. The van der Waals surface area contributed by atoms with Crippen LogP contribution in [0.3, 0.4) is 0 Å². The van der Waals surface area contributed by atoms with Gasteiger partial charge in [0.05, 0.1) is 18.9 Å². The van der Waals surface area contributed by atoms with Crippen molar-refractivity contribution in [3.8, 4) is 5.75 Å². The molecule has 0 fully saturated rings. The molecule has 0 saturated heterocycles. The number of fused-ring (bicyclic) bond motifs is 1. The SMILES string of the molecule is COc1ccc(N2C(c3cccc(NC(=O)NCCN(C)C)c3)=Nc3occc3C2N)cc1. The smallest absolute Gasteiger partial charge is 0.319 e. The van der Waals surface area contributed by atoms with Crippen LogP contribution in [0.5, 0.6) is 5.75 Å². The minimum Gasteiger partial charge on any atom is -0.497 e. The van der Waals surface area contributed by atoms with Gasteiger partial charge in [-0.25, -0.2) is 4.79 Å².